The first-order chi connectivity index (χ1) is 14.7. The molecule has 170 valence electrons. The zero-order valence-corrected chi connectivity index (χ0v) is 19.2. The van der Waals surface area contributed by atoms with Gasteiger partial charge in [-0.25, -0.2) is 4.39 Å². The van der Waals surface area contributed by atoms with Gasteiger partial charge in [-0.15, -0.1) is 0 Å². The summed E-state index contributed by atoms with van der Waals surface area (Å²) in [6, 6.07) is 6.56. The molecule has 2 atom stereocenters. The molecule has 0 amide bonds. The van der Waals surface area contributed by atoms with E-state index in [1.807, 2.05) is 6.92 Å². The van der Waals surface area contributed by atoms with Gasteiger partial charge < -0.3 is 9.26 Å². The van der Waals surface area contributed by atoms with Gasteiger partial charge in [0.2, 0.25) is 5.89 Å². The third kappa shape index (κ3) is 5.91. The van der Waals surface area contributed by atoms with E-state index in [1.54, 1.807) is 12.1 Å². The molecule has 2 aromatic rings. The van der Waals surface area contributed by atoms with Gasteiger partial charge in [0.15, 0.2) is 5.82 Å². The molecule has 2 heterocycles. The van der Waals surface area contributed by atoms with Gasteiger partial charge in [0.1, 0.15) is 5.82 Å². The highest BCUT2D eigenvalue weighted by molar-refractivity contribution is 5.70. The molecule has 0 aliphatic carbocycles. The van der Waals surface area contributed by atoms with Crippen molar-refractivity contribution < 1.29 is 18.4 Å². The SMILES string of the molecule is CCOC(=O)C[C@H](c1ccc(F)cc1)C1CCN([C@@H](C)c2nc(C(C)(C)C)no2)CC1. The van der Waals surface area contributed by atoms with Crippen LogP contribution in [0.4, 0.5) is 4.39 Å². The van der Waals surface area contributed by atoms with Crippen molar-refractivity contribution in [2.24, 2.45) is 5.92 Å². The molecular weight excluding hydrogens is 397 g/mol. The molecule has 0 saturated carbocycles. The van der Waals surface area contributed by atoms with Gasteiger partial charge in [-0.3, -0.25) is 9.69 Å². The Balaban J connectivity index is 1.67. The van der Waals surface area contributed by atoms with Crippen LogP contribution in [-0.4, -0.2) is 40.7 Å². The summed E-state index contributed by atoms with van der Waals surface area (Å²) in [5, 5.41) is 4.15. The number of esters is 1. The summed E-state index contributed by atoms with van der Waals surface area (Å²) < 4.78 is 24.2. The predicted molar refractivity (Wildman–Crippen MR) is 116 cm³/mol. The fourth-order valence-electron chi connectivity index (χ4n) is 4.24. The molecule has 0 spiro atoms. The number of hydrogen-bond donors (Lipinski definition) is 0. The zero-order valence-electron chi connectivity index (χ0n) is 19.2. The minimum Gasteiger partial charge on any atom is -0.466 e. The van der Waals surface area contributed by atoms with Crippen LogP contribution in [0.5, 0.6) is 0 Å². The molecule has 0 radical (unpaired) electrons. The van der Waals surface area contributed by atoms with Crippen LogP contribution in [0.25, 0.3) is 0 Å². The van der Waals surface area contributed by atoms with Gasteiger partial charge >= 0.3 is 5.97 Å². The first-order valence-electron chi connectivity index (χ1n) is 11.2. The van der Waals surface area contributed by atoms with Crippen LogP contribution in [-0.2, 0) is 14.9 Å². The van der Waals surface area contributed by atoms with Crippen molar-refractivity contribution >= 4 is 5.97 Å². The number of ether oxygens (including phenoxy) is 1. The molecule has 7 heteroatoms. The summed E-state index contributed by atoms with van der Waals surface area (Å²) in [7, 11) is 0. The van der Waals surface area contributed by atoms with Gasteiger partial charge in [0, 0.05) is 5.41 Å². The van der Waals surface area contributed by atoms with Crippen LogP contribution in [0.15, 0.2) is 28.8 Å². The Kier molecular flexibility index (Phi) is 7.46. The lowest BCUT2D eigenvalue weighted by Gasteiger charge is -2.38. The quantitative estimate of drug-likeness (QED) is 0.574. The lowest BCUT2D eigenvalue weighted by molar-refractivity contribution is -0.144. The van der Waals surface area contributed by atoms with Crippen LogP contribution in [0.3, 0.4) is 0 Å². The molecule has 1 fully saturated rings. The van der Waals surface area contributed by atoms with E-state index < -0.39 is 0 Å². The van der Waals surface area contributed by atoms with Crippen LogP contribution in [0.1, 0.15) is 83.1 Å². The van der Waals surface area contributed by atoms with E-state index in [0.717, 1.165) is 37.3 Å². The van der Waals surface area contributed by atoms with E-state index in [0.29, 0.717) is 24.8 Å². The first kappa shape index (κ1) is 23.4. The molecule has 3 rings (SSSR count). The average Bonchev–Trinajstić information content (AvgIpc) is 3.24. The second-order valence-corrected chi connectivity index (χ2v) is 9.42. The van der Waals surface area contributed by atoms with E-state index in [1.165, 1.54) is 12.1 Å². The topological polar surface area (TPSA) is 68.5 Å². The lowest BCUT2D eigenvalue weighted by Crippen LogP contribution is -2.38. The zero-order chi connectivity index (χ0) is 22.6. The molecule has 0 unspecified atom stereocenters. The highest BCUT2D eigenvalue weighted by atomic mass is 19.1. The summed E-state index contributed by atoms with van der Waals surface area (Å²) in [4.78, 5) is 19.2. The fraction of sp³-hybridized carbons (Fsp3) is 0.625. The number of hydrogen-bond acceptors (Lipinski definition) is 6. The number of carbonyl (C=O) groups excluding carboxylic acids is 1. The number of carbonyl (C=O) groups is 1. The van der Waals surface area contributed by atoms with Crippen molar-refractivity contribution in [1.82, 2.24) is 15.0 Å². The highest BCUT2D eigenvalue weighted by Gasteiger charge is 2.33. The second kappa shape index (κ2) is 9.90. The monoisotopic (exact) mass is 431 g/mol. The Bertz CT molecular complexity index is 852. The summed E-state index contributed by atoms with van der Waals surface area (Å²) in [6.45, 7) is 12.2. The molecule has 1 aliphatic heterocycles. The standard InChI is InChI=1S/C24H34FN3O3/c1-6-30-21(29)15-20(17-7-9-19(25)10-8-17)18-11-13-28(14-12-18)16(2)22-26-23(27-31-22)24(3,4)5/h7-10,16,18,20H,6,11-15H2,1-5H3/t16-,20+/m0/s1. The first-order valence-corrected chi connectivity index (χ1v) is 11.2. The largest absolute Gasteiger partial charge is 0.466 e. The van der Waals surface area contributed by atoms with Crippen molar-refractivity contribution in [3.8, 4) is 0 Å². The molecule has 1 saturated heterocycles. The maximum absolute atomic E-state index is 13.4. The molecule has 6 nitrogen and oxygen atoms in total. The normalized spacial score (nSPS) is 18.0. The number of nitrogens with zero attached hydrogens (tertiary/aromatic N) is 3. The minimum atomic E-state index is -0.267. The Hall–Kier alpha value is -2.28. The summed E-state index contributed by atoms with van der Waals surface area (Å²) in [6.07, 6.45) is 2.19. The molecule has 31 heavy (non-hydrogen) atoms. The average molecular weight is 432 g/mol. The predicted octanol–water partition coefficient (Wildman–Crippen LogP) is 5.02. The van der Waals surface area contributed by atoms with Crippen molar-refractivity contribution in [3.05, 3.63) is 47.4 Å². The minimum absolute atomic E-state index is 0.0213. The Morgan fingerprint density at radius 2 is 1.90 bits per heavy atom. The Labute approximate surface area is 184 Å². The van der Waals surface area contributed by atoms with Gasteiger partial charge in [-0.05, 0) is 69.3 Å². The molecule has 1 aromatic carbocycles. The van der Waals surface area contributed by atoms with Crippen LogP contribution in [0, 0.1) is 11.7 Å². The molecule has 0 bridgehead atoms. The van der Waals surface area contributed by atoms with E-state index in [4.69, 9.17) is 9.26 Å². The van der Waals surface area contributed by atoms with E-state index >= 15 is 0 Å². The van der Waals surface area contributed by atoms with E-state index in [9.17, 15) is 9.18 Å². The lowest BCUT2D eigenvalue weighted by atomic mass is 9.78. The number of piperidine rings is 1. The molecule has 1 aliphatic rings. The molecular formula is C24H34FN3O3. The summed E-state index contributed by atoms with van der Waals surface area (Å²) in [5.74, 6) is 1.24. The second-order valence-electron chi connectivity index (χ2n) is 9.42. The molecule has 1 aromatic heterocycles. The number of halogens is 1. The maximum atomic E-state index is 13.4. The van der Waals surface area contributed by atoms with Crippen LogP contribution >= 0.6 is 0 Å². The van der Waals surface area contributed by atoms with Gasteiger partial charge in [0.25, 0.3) is 0 Å². The highest BCUT2D eigenvalue weighted by Crippen LogP contribution is 2.37. The van der Waals surface area contributed by atoms with Crippen molar-refractivity contribution in [2.75, 3.05) is 19.7 Å². The fourth-order valence-corrected chi connectivity index (χ4v) is 4.24. The smallest absolute Gasteiger partial charge is 0.306 e. The number of rotatable bonds is 7. The number of aromatic nitrogens is 2. The summed E-state index contributed by atoms with van der Waals surface area (Å²) >= 11 is 0. The third-order valence-electron chi connectivity index (χ3n) is 6.15. The van der Waals surface area contributed by atoms with Crippen LogP contribution < -0.4 is 0 Å². The summed E-state index contributed by atoms with van der Waals surface area (Å²) in [5.41, 5.74) is 0.844. The van der Waals surface area contributed by atoms with Crippen molar-refractivity contribution in [1.29, 1.82) is 0 Å². The molecule has 0 N–H and O–H groups in total. The van der Waals surface area contributed by atoms with Gasteiger partial charge in [0.05, 0.1) is 19.1 Å². The third-order valence-corrected chi connectivity index (χ3v) is 6.15. The Morgan fingerprint density at radius 1 is 1.26 bits per heavy atom. The van der Waals surface area contributed by atoms with Gasteiger partial charge in [-0.1, -0.05) is 38.1 Å². The van der Waals surface area contributed by atoms with E-state index in [2.05, 4.69) is 42.7 Å². The van der Waals surface area contributed by atoms with Crippen molar-refractivity contribution in [3.63, 3.8) is 0 Å². The maximum Gasteiger partial charge on any atom is 0.306 e. The number of likely N-dealkylation sites (tertiary alicyclic amines) is 1. The van der Waals surface area contributed by atoms with Gasteiger partial charge in [-0.2, -0.15) is 4.98 Å². The van der Waals surface area contributed by atoms with Crippen molar-refractivity contribution in [2.45, 2.75) is 71.3 Å². The van der Waals surface area contributed by atoms with E-state index in [-0.39, 0.29) is 29.2 Å². The number of benzene rings is 1. The Morgan fingerprint density at radius 3 is 2.45 bits per heavy atom. The van der Waals surface area contributed by atoms with Crippen LogP contribution in [0.2, 0.25) is 0 Å².